The zero-order valence-electron chi connectivity index (χ0n) is 18.0. The Morgan fingerprint density at radius 1 is 0.906 bits per heavy atom. The lowest BCUT2D eigenvalue weighted by atomic mass is 10.1. The first-order valence-corrected chi connectivity index (χ1v) is 11.4. The van der Waals surface area contributed by atoms with Gasteiger partial charge >= 0.3 is 0 Å². The van der Waals surface area contributed by atoms with Crippen LogP contribution < -0.4 is 10.5 Å². The zero-order chi connectivity index (χ0) is 22.4. The summed E-state index contributed by atoms with van der Waals surface area (Å²) in [6.07, 6.45) is 0. The number of carbonyl (C=O) groups is 2. The quantitative estimate of drug-likeness (QED) is 0.449. The van der Waals surface area contributed by atoms with Crippen LogP contribution in [-0.4, -0.2) is 47.3 Å². The number of pyridine rings is 1. The van der Waals surface area contributed by atoms with Crippen LogP contribution in [0.25, 0.3) is 21.0 Å². The number of Topliss-reactive ketones (excluding diaryl/α,β-unsaturated/α-hetero) is 1. The third kappa shape index (κ3) is 3.39. The van der Waals surface area contributed by atoms with Crippen molar-refractivity contribution in [3.05, 3.63) is 75.4 Å². The van der Waals surface area contributed by atoms with E-state index in [1.54, 1.807) is 24.6 Å². The van der Waals surface area contributed by atoms with Crippen molar-refractivity contribution in [1.82, 2.24) is 9.47 Å². The van der Waals surface area contributed by atoms with Crippen LogP contribution in [0.1, 0.15) is 27.0 Å². The average Bonchev–Trinajstić information content (AvgIpc) is 3.28. The first kappa shape index (κ1) is 20.5. The molecule has 5 rings (SSSR count). The van der Waals surface area contributed by atoms with Gasteiger partial charge < -0.3 is 14.4 Å². The summed E-state index contributed by atoms with van der Waals surface area (Å²) in [5, 5.41) is 1.59. The van der Waals surface area contributed by atoms with Crippen LogP contribution in [0.4, 0.5) is 5.69 Å². The van der Waals surface area contributed by atoms with Gasteiger partial charge in [0.05, 0.1) is 15.8 Å². The van der Waals surface area contributed by atoms with Crippen molar-refractivity contribution in [3.63, 3.8) is 0 Å². The highest BCUT2D eigenvalue weighted by Gasteiger charge is 2.25. The van der Waals surface area contributed by atoms with E-state index >= 15 is 0 Å². The van der Waals surface area contributed by atoms with Gasteiger partial charge in [0, 0.05) is 54.6 Å². The number of rotatable bonds is 3. The average molecular weight is 446 g/mol. The lowest BCUT2D eigenvalue weighted by Gasteiger charge is -2.36. The highest BCUT2D eigenvalue weighted by Crippen LogP contribution is 2.31. The number of fused-ring (bicyclic) bond motifs is 3. The topological polar surface area (TPSA) is 62.6 Å². The van der Waals surface area contributed by atoms with Gasteiger partial charge in [-0.1, -0.05) is 18.2 Å². The van der Waals surface area contributed by atoms with Crippen LogP contribution >= 0.6 is 11.3 Å². The van der Waals surface area contributed by atoms with Crippen molar-refractivity contribution in [3.8, 4) is 0 Å². The summed E-state index contributed by atoms with van der Waals surface area (Å²) in [6.45, 7) is 4.23. The molecule has 7 heteroatoms. The van der Waals surface area contributed by atoms with Crippen molar-refractivity contribution in [2.75, 3.05) is 31.1 Å². The predicted octanol–water partition coefficient (Wildman–Crippen LogP) is 3.92. The second-order valence-electron chi connectivity index (χ2n) is 8.12. The van der Waals surface area contributed by atoms with E-state index in [2.05, 4.69) is 4.90 Å². The van der Waals surface area contributed by atoms with Gasteiger partial charge in [0.2, 0.25) is 0 Å². The summed E-state index contributed by atoms with van der Waals surface area (Å²) in [4.78, 5) is 42.2. The van der Waals surface area contributed by atoms with E-state index in [0.717, 1.165) is 34.4 Å². The van der Waals surface area contributed by atoms with Gasteiger partial charge in [-0.15, -0.1) is 11.3 Å². The van der Waals surface area contributed by atoms with Crippen LogP contribution in [0.5, 0.6) is 0 Å². The molecule has 162 valence electrons. The molecule has 2 aromatic carbocycles. The number of benzene rings is 2. The molecule has 0 saturated carbocycles. The van der Waals surface area contributed by atoms with E-state index in [0.29, 0.717) is 28.9 Å². The summed E-state index contributed by atoms with van der Waals surface area (Å²) in [5.74, 6) is 0.0295. The third-order valence-electron chi connectivity index (χ3n) is 6.19. The molecule has 0 spiro atoms. The molecule has 0 aliphatic carbocycles. The standard InChI is InChI=1S/C25H23N3O3S/c1-16(29)17-7-9-18(10-8-17)27-11-13-28(14-12-27)25(31)22-15-20-23(32-22)19-5-3-4-6-21(19)26(2)24(20)30/h3-10,15H,11-14H2,1-2H3. The molecular weight excluding hydrogens is 422 g/mol. The summed E-state index contributed by atoms with van der Waals surface area (Å²) in [5.41, 5.74) is 2.55. The smallest absolute Gasteiger partial charge is 0.264 e. The molecule has 2 aromatic heterocycles. The Morgan fingerprint density at radius 2 is 1.59 bits per heavy atom. The fourth-order valence-corrected chi connectivity index (χ4v) is 5.49. The highest BCUT2D eigenvalue weighted by molar-refractivity contribution is 7.21. The molecule has 1 aliphatic rings. The van der Waals surface area contributed by atoms with Gasteiger partial charge in [0.1, 0.15) is 0 Å². The Bertz CT molecular complexity index is 1410. The van der Waals surface area contributed by atoms with Gasteiger partial charge in [-0.05, 0) is 43.3 Å². The van der Waals surface area contributed by atoms with Gasteiger partial charge in [-0.2, -0.15) is 0 Å². The molecule has 1 saturated heterocycles. The lowest BCUT2D eigenvalue weighted by molar-refractivity contribution is 0.0751. The molecule has 6 nitrogen and oxygen atoms in total. The van der Waals surface area contributed by atoms with Crippen molar-refractivity contribution >= 4 is 49.7 Å². The van der Waals surface area contributed by atoms with Crippen molar-refractivity contribution in [2.45, 2.75) is 6.92 Å². The fourth-order valence-electron chi connectivity index (χ4n) is 4.33. The van der Waals surface area contributed by atoms with E-state index in [9.17, 15) is 14.4 Å². The minimum absolute atomic E-state index is 0.0242. The molecule has 1 aliphatic heterocycles. The molecule has 4 aromatic rings. The predicted molar refractivity (Wildman–Crippen MR) is 129 cm³/mol. The third-order valence-corrected chi connectivity index (χ3v) is 7.35. The number of thiophene rings is 1. The lowest BCUT2D eigenvalue weighted by Crippen LogP contribution is -2.48. The van der Waals surface area contributed by atoms with Gasteiger partial charge in [0.15, 0.2) is 5.78 Å². The summed E-state index contributed by atoms with van der Waals surface area (Å²) in [6, 6.07) is 17.2. The second kappa shape index (κ2) is 7.91. The maximum atomic E-state index is 13.2. The molecule has 1 amide bonds. The summed E-state index contributed by atoms with van der Waals surface area (Å²) in [7, 11) is 1.77. The van der Waals surface area contributed by atoms with Gasteiger partial charge in [-0.3, -0.25) is 14.4 Å². The van der Waals surface area contributed by atoms with Crippen LogP contribution in [-0.2, 0) is 7.05 Å². The first-order chi connectivity index (χ1) is 15.4. The molecule has 32 heavy (non-hydrogen) atoms. The maximum absolute atomic E-state index is 13.2. The van der Waals surface area contributed by atoms with Gasteiger partial charge in [-0.25, -0.2) is 0 Å². The molecule has 0 radical (unpaired) electrons. The summed E-state index contributed by atoms with van der Waals surface area (Å²) < 4.78 is 2.52. The number of ketones is 1. The molecule has 0 bridgehead atoms. The number of para-hydroxylation sites is 1. The normalized spacial score (nSPS) is 14.3. The van der Waals surface area contributed by atoms with E-state index in [1.807, 2.05) is 53.4 Å². The molecule has 3 heterocycles. The Labute approximate surface area is 189 Å². The molecule has 1 fully saturated rings. The molecule has 0 N–H and O–H groups in total. The van der Waals surface area contributed by atoms with Crippen LogP contribution in [0.3, 0.4) is 0 Å². The second-order valence-corrected chi connectivity index (χ2v) is 9.17. The fraction of sp³-hybridized carbons (Fsp3) is 0.240. The van der Waals surface area contributed by atoms with E-state index in [4.69, 9.17) is 0 Å². The largest absolute Gasteiger partial charge is 0.368 e. The Kier molecular flexibility index (Phi) is 5.06. The number of aromatic nitrogens is 1. The summed E-state index contributed by atoms with van der Waals surface area (Å²) >= 11 is 1.40. The minimum Gasteiger partial charge on any atom is -0.368 e. The van der Waals surface area contributed by atoms with Crippen molar-refractivity contribution in [2.24, 2.45) is 7.05 Å². The SMILES string of the molecule is CC(=O)c1ccc(N2CCN(C(=O)c3cc4c(=O)n(C)c5ccccc5c4s3)CC2)cc1. The number of amides is 1. The number of hydrogen-bond donors (Lipinski definition) is 0. The van der Waals surface area contributed by atoms with E-state index in [1.165, 1.54) is 11.3 Å². The van der Waals surface area contributed by atoms with Gasteiger partial charge in [0.25, 0.3) is 11.5 Å². The maximum Gasteiger partial charge on any atom is 0.264 e. The number of aryl methyl sites for hydroxylation is 1. The van der Waals surface area contributed by atoms with Crippen LogP contribution in [0.15, 0.2) is 59.4 Å². The Morgan fingerprint density at radius 3 is 2.28 bits per heavy atom. The Hall–Kier alpha value is -3.45. The molecular formula is C25H23N3O3S. The van der Waals surface area contributed by atoms with Crippen LogP contribution in [0, 0.1) is 0 Å². The number of carbonyl (C=O) groups excluding carboxylic acids is 2. The van der Waals surface area contributed by atoms with Crippen LogP contribution in [0.2, 0.25) is 0 Å². The number of nitrogens with zero attached hydrogens (tertiary/aromatic N) is 3. The molecule has 0 atom stereocenters. The van der Waals surface area contributed by atoms with E-state index < -0.39 is 0 Å². The highest BCUT2D eigenvalue weighted by atomic mass is 32.1. The monoisotopic (exact) mass is 445 g/mol. The molecule has 0 unspecified atom stereocenters. The zero-order valence-corrected chi connectivity index (χ0v) is 18.8. The van der Waals surface area contributed by atoms with Crippen molar-refractivity contribution in [1.29, 1.82) is 0 Å². The van der Waals surface area contributed by atoms with Crippen molar-refractivity contribution < 1.29 is 9.59 Å². The van der Waals surface area contributed by atoms with E-state index in [-0.39, 0.29) is 17.2 Å². The number of hydrogen-bond acceptors (Lipinski definition) is 5. The first-order valence-electron chi connectivity index (χ1n) is 10.6. The number of anilines is 1. The Balaban J connectivity index is 1.37. The minimum atomic E-state index is -0.0761. The number of piperazine rings is 1.